The normalized spacial score (nSPS) is 43.3. The number of amides is 1. The Morgan fingerprint density at radius 2 is 1.68 bits per heavy atom. The van der Waals surface area contributed by atoms with Gasteiger partial charge < -0.3 is 4.90 Å². The van der Waals surface area contributed by atoms with Gasteiger partial charge in [-0.15, -0.1) is 4.91 Å². The van der Waals surface area contributed by atoms with E-state index in [0.29, 0.717) is 18.3 Å². The van der Waals surface area contributed by atoms with Crippen molar-refractivity contribution in [3.8, 4) is 0 Å². The van der Waals surface area contributed by atoms with Gasteiger partial charge in [-0.2, -0.15) is 0 Å². The van der Waals surface area contributed by atoms with Crippen LogP contribution in [0.1, 0.15) is 38.5 Å². The molecule has 19 heavy (non-hydrogen) atoms. The third kappa shape index (κ3) is 2.10. The highest BCUT2D eigenvalue weighted by Crippen LogP contribution is 2.64. The number of carbonyl (C=O) groups is 1. The molecular weight excluding hydrogens is 260 g/mol. The summed E-state index contributed by atoms with van der Waals surface area (Å²) < 4.78 is 2.96. The molecule has 4 aliphatic rings. The van der Waals surface area contributed by atoms with Gasteiger partial charge in [0.15, 0.2) is 0 Å². The van der Waals surface area contributed by atoms with E-state index in [1.54, 1.807) is 19.0 Å². The van der Waals surface area contributed by atoms with E-state index < -0.39 is 0 Å². The minimum atomic E-state index is -0.198. The zero-order chi connectivity index (χ0) is 13.6. The molecule has 0 aliphatic heterocycles. The Bertz CT molecular complexity index is 369. The van der Waals surface area contributed by atoms with Crippen LogP contribution in [0, 0.1) is 28.6 Å². The summed E-state index contributed by atoms with van der Waals surface area (Å²) in [6.07, 6.45) is 6.69. The molecule has 0 saturated heterocycles. The maximum absolute atomic E-state index is 12.2. The topological polar surface area (TPSA) is 49.7 Å². The van der Waals surface area contributed by atoms with Gasteiger partial charge in [0.1, 0.15) is 0 Å². The number of carbonyl (C=O) groups excluding carboxylic acids is 1. The highest BCUT2D eigenvalue weighted by molar-refractivity contribution is 7.99. The molecule has 4 rings (SSSR count). The maximum Gasteiger partial charge on any atom is 0.223 e. The molecule has 0 aromatic carbocycles. The van der Waals surface area contributed by atoms with Gasteiger partial charge in [0, 0.05) is 37.0 Å². The van der Waals surface area contributed by atoms with Crippen LogP contribution in [0.5, 0.6) is 0 Å². The molecule has 0 radical (unpaired) electrons. The van der Waals surface area contributed by atoms with Crippen LogP contribution < -0.4 is 0 Å². The van der Waals surface area contributed by atoms with Crippen LogP contribution in [0.2, 0.25) is 0 Å². The van der Waals surface area contributed by atoms with E-state index in [2.05, 4.69) is 4.58 Å². The summed E-state index contributed by atoms with van der Waals surface area (Å²) in [5.41, 5.74) is 0. The average molecular weight is 282 g/mol. The molecule has 4 nitrogen and oxygen atoms in total. The molecular formula is C14H22N2O2S. The molecule has 1 amide bonds. The van der Waals surface area contributed by atoms with Crippen molar-refractivity contribution in [1.29, 1.82) is 0 Å². The minimum Gasteiger partial charge on any atom is -0.349 e. The number of rotatable bonds is 4. The third-order valence-electron chi connectivity index (χ3n) is 5.65. The molecule has 0 heterocycles. The second-order valence-electron chi connectivity index (χ2n) is 6.89. The molecule has 4 fully saturated rings. The van der Waals surface area contributed by atoms with E-state index in [1.165, 1.54) is 44.1 Å². The average Bonchev–Trinajstić information content (AvgIpc) is 2.34. The lowest BCUT2D eigenvalue weighted by atomic mass is 9.50. The van der Waals surface area contributed by atoms with Crippen molar-refractivity contribution in [3.05, 3.63) is 4.91 Å². The van der Waals surface area contributed by atoms with E-state index >= 15 is 0 Å². The smallest absolute Gasteiger partial charge is 0.223 e. The molecule has 0 aromatic heterocycles. The van der Waals surface area contributed by atoms with Crippen molar-refractivity contribution in [2.75, 3.05) is 14.1 Å². The Labute approximate surface area is 118 Å². The van der Waals surface area contributed by atoms with Crippen molar-refractivity contribution in [2.45, 2.75) is 43.3 Å². The Morgan fingerprint density at radius 3 is 2.11 bits per heavy atom. The largest absolute Gasteiger partial charge is 0.349 e. The molecule has 0 unspecified atom stereocenters. The van der Waals surface area contributed by atoms with Crippen molar-refractivity contribution < 1.29 is 4.79 Å². The first-order chi connectivity index (χ1) is 9.05. The Kier molecular flexibility index (Phi) is 3.36. The maximum atomic E-state index is 12.2. The Balaban J connectivity index is 1.87. The zero-order valence-electron chi connectivity index (χ0n) is 11.7. The van der Waals surface area contributed by atoms with Gasteiger partial charge in [0.05, 0.1) is 4.75 Å². The number of hydrogen-bond acceptors (Lipinski definition) is 4. The second kappa shape index (κ2) is 4.76. The third-order valence-corrected chi connectivity index (χ3v) is 6.88. The van der Waals surface area contributed by atoms with E-state index in [4.69, 9.17) is 0 Å². The van der Waals surface area contributed by atoms with E-state index in [9.17, 15) is 9.70 Å². The van der Waals surface area contributed by atoms with Gasteiger partial charge in [-0.25, -0.2) is 0 Å². The van der Waals surface area contributed by atoms with Gasteiger partial charge in [-0.05, 0) is 55.8 Å². The summed E-state index contributed by atoms with van der Waals surface area (Å²) in [7, 11) is 3.59. The molecule has 0 atom stereocenters. The molecule has 4 bridgehead atoms. The SMILES string of the molecule is CN(C)C(=O)CC1(SN=O)C2CC3CC(C2)CC1C3. The summed E-state index contributed by atoms with van der Waals surface area (Å²) in [6, 6.07) is 0. The van der Waals surface area contributed by atoms with E-state index in [1.807, 2.05) is 0 Å². The summed E-state index contributed by atoms with van der Waals surface area (Å²) >= 11 is 1.18. The Morgan fingerprint density at radius 1 is 1.16 bits per heavy atom. The molecule has 4 aliphatic carbocycles. The molecule has 0 N–H and O–H groups in total. The first kappa shape index (κ1) is 13.4. The van der Waals surface area contributed by atoms with Crippen LogP contribution in [0.3, 0.4) is 0 Å². The zero-order valence-corrected chi connectivity index (χ0v) is 12.5. The first-order valence-electron chi connectivity index (χ1n) is 7.26. The molecule has 5 heteroatoms. The van der Waals surface area contributed by atoms with Crippen LogP contribution in [-0.4, -0.2) is 29.6 Å². The summed E-state index contributed by atoms with van der Waals surface area (Å²) in [5.74, 6) is 2.88. The summed E-state index contributed by atoms with van der Waals surface area (Å²) in [6.45, 7) is 0. The van der Waals surface area contributed by atoms with E-state index in [0.717, 1.165) is 11.8 Å². The van der Waals surface area contributed by atoms with Crippen LogP contribution in [0.4, 0.5) is 0 Å². The molecule has 0 spiro atoms. The van der Waals surface area contributed by atoms with Gasteiger partial charge in [-0.1, -0.05) is 0 Å². The number of nitroso groups, excluding NO2 is 1. The fourth-order valence-electron chi connectivity index (χ4n) is 4.92. The van der Waals surface area contributed by atoms with Gasteiger partial charge in [-0.3, -0.25) is 4.79 Å². The lowest BCUT2D eigenvalue weighted by Crippen LogP contribution is -2.57. The summed E-state index contributed by atoms with van der Waals surface area (Å²) in [5, 5.41) is 0. The number of nitrogens with zero attached hydrogens (tertiary/aromatic N) is 2. The van der Waals surface area contributed by atoms with Crippen LogP contribution in [0.25, 0.3) is 0 Å². The highest BCUT2D eigenvalue weighted by Gasteiger charge is 2.59. The first-order valence-corrected chi connectivity index (χ1v) is 8.03. The predicted molar refractivity (Wildman–Crippen MR) is 76.5 cm³/mol. The van der Waals surface area contributed by atoms with Crippen molar-refractivity contribution in [2.24, 2.45) is 28.3 Å². The summed E-state index contributed by atoms with van der Waals surface area (Å²) in [4.78, 5) is 24.8. The monoisotopic (exact) mass is 282 g/mol. The van der Waals surface area contributed by atoms with Gasteiger partial charge in [0.2, 0.25) is 5.91 Å². The Hall–Kier alpha value is -0.580. The molecule has 0 aromatic rings. The van der Waals surface area contributed by atoms with E-state index in [-0.39, 0.29) is 10.7 Å². The van der Waals surface area contributed by atoms with Crippen LogP contribution in [-0.2, 0) is 4.79 Å². The van der Waals surface area contributed by atoms with Crippen LogP contribution in [0.15, 0.2) is 4.58 Å². The lowest BCUT2D eigenvalue weighted by Gasteiger charge is -2.59. The standard InChI is InChI=1S/C14H22N2O2S/c1-16(2)13(17)8-14(19-15-18)11-4-9-3-10(6-11)7-12(14)5-9/h9-12H,3-8H2,1-2H3. The van der Waals surface area contributed by atoms with Gasteiger partial charge >= 0.3 is 0 Å². The number of hydrogen-bond donors (Lipinski definition) is 0. The predicted octanol–water partition coefficient (Wildman–Crippen LogP) is 3.07. The van der Waals surface area contributed by atoms with Crippen molar-refractivity contribution in [3.63, 3.8) is 0 Å². The van der Waals surface area contributed by atoms with Gasteiger partial charge in [0.25, 0.3) is 0 Å². The minimum absolute atomic E-state index is 0.142. The van der Waals surface area contributed by atoms with Crippen LogP contribution >= 0.6 is 11.9 Å². The van der Waals surface area contributed by atoms with Crippen molar-refractivity contribution >= 4 is 17.9 Å². The lowest BCUT2D eigenvalue weighted by molar-refractivity contribution is -0.132. The quantitative estimate of drug-likeness (QED) is 0.588. The molecule has 4 saturated carbocycles. The molecule has 106 valence electrons. The fourth-order valence-corrected chi connectivity index (χ4v) is 5.93. The second-order valence-corrected chi connectivity index (χ2v) is 7.98. The fraction of sp³-hybridized carbons (Fsp3) is 0.929. The van der Waals surface area contributed by atoms with Crippen molar-refractivity contribution in [1.82, 2.24) is 4.90 Å². The highest BCUT2D eigenvalue weighted by atomic mass is 32.2.